The molecule has 0 unspecified atom stereocenters. The van der Waals surface area contributed by atoms with E-state index in [2.05, 4.69) is 82.2 Å². The van der Waals surface area contributed by atoms with Crippen molar-refractivity contribution in [1.82, 2.24) is 0 Å². The molecule has 50 heavy (non-hydrogen) atoms. The molecule has 0 N–H and O–H groups in total. The Morgan fingerprint density at radius 1 is 0.440 bits per heavy atom. The van der Waals surface area contributed by atoms with E-state index in [-0.39, 0.29) is 22.7 Å². The highest BCUT2D eigenvalue weighted by Crippen LogP contribution is 2.38. The third-order valence-corrected chi connectivity index (χ3v) is 9.13. The number of benzene rings is 4. The first-order chi connectivity index (χ1) is 24.5. The van der Waals surface area contributed by atoms with Crippen molar-refractivity contribution in [3.8, 4) is 0 Å². The molecule has 0 heterocycles. The lowest BCUT2D eigenvalue weighted by molar-refractivity contribution is 0.0980. The molecule has 4 aromatic rings. The normalized spacial score (nSPS) is 12.5. The lowest BCUT2D eigenvalue weighted by Gasteiger charge is -2.24. The second-order valence-electron chi connectivity index (χ2n) is 12.9. The molecule has 0 fully saturated rings. The summed E-state index contributed by atoms with van der Waals surface area (Å²) >= 11 is 0. The number of hydrogen-bond donors (Lipinski definition) is 0. The van der Waals surface area contributed by atoms with Crippen LogP contribution >= 0.6 is 0 Å². The van der Waals surface area contributed by atoms with Gasteiger partial charge >= 0.3 is 0 Å². The van der Waals surface area contributed by atoms with E-state index >= 15 is 0 Å². The lowest BCUT2D eigenvalue weighted by atomic mass is 9.82. The molecule has 1 aliphatic carbocycles. The minimum Gasteiger partial charge on any atom is -0.372 e. The number of nitrogens with zero attached hydrogens (tertiary/aromatic N) is 6. The Balaban J connectivity index is 1.35. The largest absolute Gasteiger partial charge is 0.372 e. The average molecular weight is 671 g/mol. The van der Waals surface area contributed by atoms with Crippen LogP contribution in [0.15, 0.2) is 105 Å². The standard InChI is InChI=1S/C42H50N6O2/c1-5-9-27-47(28-10-6-2)33-23-19-31(20-24-33)43-45-37-17-13-15-35-39(37)41(49)36-16-14-18-38(40(36)42(35)50)46-44-32-21-25-34(26-22-32)48(29-11-7-3)30-12-8-4/h13-26H,5-12,27-30H2,1-4H3. The van der Waals surface area contributed by atoms with Gasteiger partial charge in [-0.3, -0.25) is 9.59 Å². The number of rotatable bonds is 18. The zero-order chi connectivity index (χ0) is 35.3. The van der Waals surface area contributed by atoms with Gasteiger partial charge in [0.2, 0.25) is 0 Å². The summed E-state index contributed by atoms with van der Waals surface area (Å²) in [5, 5.41) is 17.8. The SMILES string of the molecule is CCCCN(CCCC)c1ccc(N=Nc2cccc3c2C(=O)c2cccc(N=Nc4ccc(N(CCCC)CCCC)cc4)c2C3=O)cc1. The number of carbonyl (C=O) groups excluding carboxylic acids is 2. The third kappa shape index (κ3) is 8.78. The maximum absolute atomic E-state index is 13.9. The molecule has 0 amide bonds. The summed E-state index contributed by atoms with van der Waals surface area (Å²) < 4.78 is 0. The number of carbonyl (C=O) groups is 2. The van der Waals surface area contributed by atoms with E-state index < -0.39 is 0 Å². The molecule has 0 radical (unpaired) electrons. The van der Waals surface area contributed by atoms with Crippen LogP contribution in [0.25, 0.3) is 0 Å². The van der Waals surface area contributed by atoms with Crippen molar-refractivity contribution in [2.45, 2.75) is 79.1 Å². The van der Waals surface area contributed by atoms with Gasteiger partial charge in [0.05, 0.1) is 33.9 Å². The highest BCUT2D eigenvalue weighted by molar-refractivity contribution is 6.31. The van der Waals surface area contributed by atoms with Crippen molar-refractivity contribution in [2.75, 3.05) is 36.0 Å². The molecule has 1 aliphatic rings. The summed E-state index contributed by atoms with van der Waals surface area (Å²) in [7, 11) is 0. The monoisotopic (exact) mass is 670 g/mol. The number of hydrogen-bond acceptors (Lipinski definition) is 8. The van der Waals surface area contributed by atoms with E-state index in [1.54, 1.807) is 36.4 Å². The minimum absolute atomic E-state index is 0.260. The minimum atomic E-state index is -0.275. The predicted molar refractivity (Wildman–Crippen MR) is 205 cm³/mol. The van der Waals surface area contributed by atoms with Gasteiger partial charge in [0.1, 0.15) is 0 Å². The van der Waals surface area contributed by atoms with E-state index in [4.69, 9.17) is 0 Å². The Labute approximate surface area is 297 Å². The first kappa shape index (κ1) is 36.3. The molecule has 260 valence electrons. The molecule has 0 aliphatic heterocycles. The highest BCUT2D eigenvalue weighted by Gasteiger charge is 2.33. The molecule has 8 heteroatoms. The van der Waals surface area contributed by atoms with Crippen LogP contribution in [0, 0.1) is 0 Å². The van der Waals surface area contributed by atoms with E-state index in [1.807, 2.05) is 24.3 Å². The smallest absolute Gasteiger partial charge is 0.196 e. The molecule has 0 saturated carbocycles. The molecule has 4 aromatic carbocycles. The van der Waals surface area contributed by atoms with Crippen LogP contribution in [0.2, 0.25) is 0 Å². The zero-order valence-corrected chi connectivity index (χ0v) is 30.1. The van der Waals surface area contributed by atoms with E-state index in [9.17, 15) is 9.59 Å². The fourth-order valence-corrected chi connectivity index (χ4v) is 6.19. The van der Waals surface area contributed by atoms with Crippen LogP contribution in [-0.2, 0) is 0 Å². The number of fused-ring (bicyclic) bond motifs is 2. The fourth-order valence-electron chi connectivity index (χ4n) is 6.19. The number of anilines is 2. The van der Waals surface area contributed by atoms with Crippen LogP contribution in [0.5, 0.6) is 0 Å². The summed E-state index contributed by atoms with van der Waals surface area (Å²) in [5.74, 6) is -0.551. The molecular weight excluding hydrogens is 621 g/mol. The Kier molecular flexibility index (Phi) is 13.2. The van der Waals surface area contributed by atoms with Crippen LogP contribution in [0.3, 0.4) is 0 Å². The summed E-state index contributed by atoms with van der Waals surface area (Å²) in [4.78, 5) is 32.7. The number of ketones is 2. The highest BCUT2D eigenvalue weighted by atomic mass is 16.1. The van der Waals surface area contributed by atoms with Crippen LogP contribution < -0.4 is 9.80 Å². The maximum atomic E-state index is 13.9. The van der Waals surface area contributed by atoms with Gasteiger partial charge in [0.25, 0.3) is 0 Å². The van der Waals surface area contributed by atoms with Gasteiger partial charge in [-0.05, 0) is 86.3 Å². The summed E-state index contributed by atoms with van der Waals surface area (Å²) in [6, 6.07) is 26.3. The molecule has 0 aromatic heterocycles. The van der Waals surface area contributed by atoms with Crippen molar-refractivity contribution in [2.24, 2.45) is 20.5 Å². The van der Waals surface area contributed by atoms with E-state index in [0.717, 1.165) is 77.5 Å². The van der Waals surface area contributed by atoms with Gasteiger partial charge in [0.15, 0.2) is 11.6 Å². The fraction of sp³-hybridized carbons (Fsp3) is 0.381. The topological polar surface area (TPSA) is 90.1 Å². The quantitative estimate of drug-likeness (QED) is 0.0868. The molecule has 0 bridgehead atoms. The number of unbranched alkanes of at least 4 members (excludes halogenated alkanes) is 4. The van der Waals surface area contributed by atoms with Gasteiger partial charge in [-0.1, -0.05) is 77.6 Å². The summed E-state index contributed by atoms with van der Waals surface area (Å²) in [6.07, 6.45) is 9.20. The maximum Gasteiger partial charge on any atom is 0.196 e. The van der Waals surface area contributed by atoms with Gasteiger partial charge in [-0.15, -0.1) is 10.2 Å². The van der Waals surface area contributed by atoms with Crippen LogP contribution in [0.4, 0.5) is 34.1 Å². The molecule has 0 atom stereocenters. The molecule has 5 rings (SSSR count). The summed E-state index contributed by atoms with van der Waals surface area (Å²) in [5.41, 5.74) is 5.53. The van der Waals surface area contributed by atoms with E-state index in [1.165, 1.54) is 11.4 Å². The molecule has 8 nitrogen and oxygen atoms in total. The van der Waals surface area contributed by atoms with Crippen LogP contribution in [-0.4, -0.2) is 37.7 Å². The second kappa shape index (κ2) is 18.1. The predicted octanol–water partition coefficient (Wildman–Crippen LogP) is 12.1. The lowest BCUT2D eigenvalue weighted by Crippen LogP contribution is -2.25. The van der Waals surface area contributed by atoms with Gasteiger partial charge < -0.3 is 9.80 Å². The van der Waals surface area contributed by atoms with Crippen molar-refractivity contribution in [3.05, 3.63) is 107 Å². The van der Waals surface area contributed by atoms with Gasteiger partial charge in [0, 0.05) is 48.7 Å². The molecule has 0 spiro atoms. The second-order valence-corrected chi connectivity index (χ2v) is 12.9. The Hall–Kier alpha value is -4.98. The van der Waals surface area contributed by atoms with E-state index in [0.29, 0.717) is 33.9 Å². The first-order valence-corrected chi connectivity index (χ1v) is 18.4. The van der Waals surface area contributed by atoms with Crippen molar-refractivity contribution in [1.29, 1.82) is 0 Å². The van der Waals surface area contributed by atoms with Crippen molar-refractivity contribution in [3.63, 3.8) is 0 Å². The average Bonchev–Trinajstić information content (AvgIpc) is 3.15. The Morgan fingerprint density at radius 2 is 0.780 bits per heavy atom. The Bertz CT molecular complexity index is 1650. The summed E-state index contributed by atoms with van der Waals surface area (Å²) in [6.45, 7) is 12.9. The zero-order valence-electron chi connectivity index (χ0n) is 30.1. The van der Waals surface area contributed by atoms with Gasteiger partial charge in [-0.2, -0.15) is 10.2 Å². The molecule has 0 saturated heterocycles. The van der Waals surface area contributed by atoms with Crippen LogP contribution in [0.1, 0.15) is 111 Å². The first-order valence-electron chi connectivity index (χ1n) is 18.4. The van der Waals surface area contributed by atoms with Crippen molar-refractivity contribution >= 4 is 45.7 Å². The van der Waals surface area contributed by atoms with Gasteiger partial charge in [-0.25, -0.2) is 0 Å². The van der Waals surface area contributed by atoms with Crippen molar-refractivity contribution < 1.29 is 9.59 Å². The molecular formula is C42H50N6O2. The Morgan fingerprint density at radius 3 is 1.10 bits per heavy atom. The third-order valence-electron chi connectivity index (χ3n) is 9.13. The number of azo groups is 2.